The van der Waals surface area contributed by atoms with Gasteiger partial charge in [-0.1, -0.05) is 12.1 Å². The van der Waals surface area contributed by atoms with Crippen LogP contribution in [0, 0.1) is 0 Å². The normalized spacial score (nSPS) is 13.3. The zero-order valence-corrected chi connectivity index (χ0v) is 18.3. The highest BCUT2D eigenvalue weighted by molar-refractivity contribution is 7.99. The zero-order chi connectivity index (χ0) is 21.7. The van der Waals surface area contributed by atoms with Gasteiger partial charge in [0.05, 0.1) is 24.7 Å². The molecule has 0 fully saturated rings. The Morgan fingerprint density at radius 1 is 1.17 bits per heavy atom. The van der Waals surface area contributed by atoms with E-state index < -0.39 is 10.0 Å². The maximum atomic E-state index is 12.6. The molecule has 160 valence electrons. The van der Waals surface area contributed by atoms with Crippen molar-refractivity contribution in [2.45, 2.75) is 17.7 Å². The van der Waals surface area contributed by atoms with E-state index in [0.717, 1.165) is 22.6 Å². The molecule has 2 aromatic carbocycles. The van der Waals surface area contributed by atoms with Crippen LogP contribution in [0.25, 0.3) is 0 Å². The van der Waals surface area contributed by atoms with Gasteiger partial charge in [0.25, 0.3) is 0 Å². The van der Waals surface area contributed by atoms with Crippen LogP contribution in [-0.2, 0) is 19.6 Å². The van der Waals surface area contributed by atoms with Crippen LogP contribution in [0.1, 0.15) is 12.8 Å². The van der Waals surface area contributed by atoms with E-state index in [1.165, 1.54) is 19.2 Å². The van der Waals surface area contributed by atoms with E-state index >= 15 is 0 Å². The monoisotopic (exact) mass is 449 g/mol. The number of thioether (sulfide) groups is 1. The lowest BCUT2D eigenvalue weighted by atomic mass is 10.2. The average Bonchev–Trinajstić information content (AvgIpc) is 2.71. The summed E-state index contributed by atoms with van der Waals surface area (Å²) in [5, 5.41) is 2.71. The Bertz CT molecular complexity index is 1060. The topological polar surface area (TPSA) is 105 Å². The fraction of sp³-hybridized carbons (Fsp3) is 0.300. The minimum atomic E-state index is -3.46. The number of ether oxygens (including phenoxy) is 1. The minimum Gasteiger partial charge on any atom is -0.494 e. The summed E-state index contributed by atoms with van der Waals surface area (Å²) in [6.07, 6.45) is 1.17. The molecule has 0 saturated carbocycles. The van der Waals surface area contributed by atoms with Gasteiger partial charge < -0.3 is 15.0 Å². The Balaban J connectivity index is 1.59. The predicted molar refractivity (Wildman–Crippen MR) is 119 cm³/mol. The lowest BCUT2D eigenvalue weighted by Gasteiger charge is -2.29. The molecule has 8 nitrogen and oxygen atoms in total. The van der Waals surface area contributed by atoms with E-state index in [1.807, 2.05) is 24.3 Å². The first-order valence-corrected chi connectivity index (χ1v) is 12.1. The molecular weight excluding hydrogens is 426 g/mol. The van der Waals surface area contributed by atoms with Crippen molar-refractivity contribution in [3.8, 4) is 5.75 Å². The highest BCUT2D eigenvalue weighted by atomic mass is 32.2. The van der Waals surface area contributed by atoms with Crippen LogP contribution in [0.4, 0.5) is 17.1 Å². The van der Waals surface area contributed by atoms with Crippen LogP contribution in [0.15, 0.2) is 47.4 Å². The molecule has 2 aromatic rings. The largest absolute Gasteiger partial charge is 0.494 e. The second-order valence-electron chi connectivity index (χ2n) is 6.70. The van der Waals surface area contributed by atoms with E-state index in [4.69, 9.17) is 4.74 Å². The Kier molecular flexibility index (Phi) is 6.88. The number of nitrogens with one attached hydrogen (secondary N) is 2. The summed E-state index contributed by atoms with van der Waals surface area (Å²) in [4.78, 5) is 27.8. The first-order valence-electron chi connectivity index (χ1n) is 9.25. The molecule has 0 saturated heterocycles. The molecule has 0 bridgehead atoms. The first kappa shape index (κ1) is 22.0. The number of amides is 2. The molecule has 1 aliphatic heterocycles. The van der Waals surface area contributed by atoms with Crippen LogP contribution >= 0.6 is 11.8 Å². The molecule has 0 unspecified atom stereocenters. The van der Waals surface area contributed by atoms with Gasteiger partial charge in [-0.3, -0.25) is 14.3 Å². The van der Waals surface area contributed by atoms with Gasteiger partial charge in [-0.05, 0) is 24.3 Å². The Morgan fingerprint density at radius 3 is 2.67 bits per heavy atom. The van der Waals surface area contributed by atoms with E-state index in [0.29, 0.717) is 12.2 Å². The smallest absolute Gasteiger partial charge is 0.229 e. The highest BCUT2D eigenvalue weighted by Crippen LogP contribution is 2.34. The maximum absolute atomic E-state index is 12.6. The van der Waals surface area contributed by atoms with Gasteiger partial charge in [-0.2, -0.15) is 0 Å². The molecule has 3 rings (SSSR count). The number of sulfonamides is 1. The number of hydrogen-bond acceptors (Lipinski definition) is 6. The number of rotatable bonds is 7. The van der Waals surface area contributed by atoms with Gasteiger partial charge in [-0.25, -0.2) is 8.42 Å². The number of hydrogen-bond donors (Lipinski definition) is 2. The summed E-state index contributed by atoms with van der Waals surface area (Å²) in [6.45, 7) is 0.619. The molecule has 0 radical (unpaired) electrons. The van der Waals surface area contributed by atoms with Gasteiger partial charge >= 0.3 is 0 Å². The van der Waals surface area contributed by atoms with Crippen LogP contribution in [0.5, 0.6) is 5.75 Å². The molecule has 1 heterocycles. The molecule has 1 aliphatic rings. The van der Waals surface area contributed by atoms with Gasteiger partial charge in [0, 0.05) is 41.8 Å². The summed E-state index contributed by atoms with van der Waals surface area (Å²) in [5.74, 6) is 0.691. The second kappa shape index (κ2) is 9.40. The number of fused-ring (bicyclic) bond motifs is 1. The van der Waals surface area contributed by atoms with Crippen LogP contribution < -0.4 is 19.7 Å². The molecule has 0 atom stereocenters. The first-order chi connectivity index (χ1) is 14.3. The molecule has 0 spiro atoms. The van der Waals surface area contributed by atoms with Crippen molar-refractivity contribution >= 4 is 50.7 Å². The molecule has 10 heteroatoms. The maximum Gasteiger partial charge on any atom is 0.229 e. The zero-order valence-electron chi connectivity index (χ0n) is 16.7. The van der Waals surface area contributed by atoms with E-state index in [1.54, 1.807) is 22.7 Å². The van der Waals surface area contributed by atoms with E-state index in [-0.39, 0.29) is 36.1 Å². The van der Waals surface area contributed by atoms with Crippen molar-refractivity contribution < 1.29 is 22.7 Å². The summed E-state index contributed by atoms with van der Waals surface area (Å²) < 4.78 is 30.4. The quantitative estimate of drug-likeness (QED) is 0.673. The number of carbonyl (C=O) groups is 2. The van der Waals surface area contributed by atoms with Crippen LogP contribution in [-0.4, -0.2) is 45.9 Å². The molecule has 0 aromatic heterocycles. The predicted octanol–water partition coefficient (Wildman–Crippen LogP) is 2.92. The van der Waals surface area contributed by atoms with E-state index in [2.05, 4.69) is 10.0 Å². The number of para-hydroxylation sites is 1. The standard InChI is InChI=1S/C20H23N3O5S2/c1-28-17-13-14(7-8-15(17)22-30(2,26)27)21-19(24)9-10-20(25)23-11-12-29-18-6-4-3-5-16(18)23/h3-8,13,22H,9-12H2,1-2H3,(H,21,24). The van der Waals surface area contributed by atoms with Gasteiger partial charge in [0.2, 0.25) is 21.8 Å². The van der Waals surface area contributed by atoms with Crippen molar-refractivity contribution in [3.05, 3.63) is 42.5 Å². The highest BCUT2D eigenvalue weighted by Gasteiger charge is 2.23. The Morgan fingerprint density at radius 2 is 1.93 bits per heavy atom. The fourth-order valence-electron chi connectivity index (χ4n) is 3.06. The Hall–Kier alpha value is -2.72. The van der Waals surface area contributed by atoms with Crippen LogP contribution in [0.2, 0.25) is 0 Å². The summed E-state index contributed by atoms with van der Waals surface area (Å²) in [7, 11) is -2.05. The van der Waals surface area contributed by atoms with Crippen molar-refractivity contribution in [2.75, 3.05) is 40.6 Å². The van der Waals surface area contributed by atoms with Crippen molar-refractivity contribution in [2.24, 2.45) is 0 Å². The van der Waals surface area contributed by atoms with Gasteiger partial charge in [-0.15, -0.1) is 11.8 Å². The molecular formula is C20H23N3O5S2. The van der Waals surface area contributed by atoms with Crippen molar-refractivity contribution in [1.29, 1.82) is 0 Å². The third-order valence-corrected chi connectivity index (χ3v) is 6.01. The number of carbonyl (C=O) groups excluding carboxylic acids is 2. The number of benzene rings is 2. The number of methoxy groups -OCH3 is 1. The van der Waals surface area contributed by atoms with Gasteiger partial charge in [0.1, 0.15) is 5.75 Å². The third kappa shape index (κ3) is 5.67. The number of nitrogens with zero attached hydrogens (tertiary/aromatic N) is 1. The second-order valence-corrected chi connectivity index (χ2v) is 9.58. The molecule has 2 N–H and O–H groups in total. The summed E-state index contributed by atoms with van der Waals surface area (Å²) in [6, 6.07) is 12.3. The minimum absolute atomic E-state index is 0.0380. The average molecular weight is 450 g/mol. The third-order valence-electron chi connectivity index (χ3n) is 4.38. The lowest BCUT2D eigenvalue weighted by Crippen LogP contribution is -2.35. The van der Waals surface area contributed by atoms with Crippen LogP contribution in [0.3, 0.4) is 0 Å². The molecule has 2 amide bonds. The Labute approximate surface area is 180 Å². The summed E-state index contributed by atoms with van der Waals surface area (Å²) in [5.41, 5.74) is 1.61. The molecule has 30 heavy (non-hydrogen) atoms. The van der Waals surface area contributed by atoms with Crippen molar-refractivity contribution in [3.63, 3.8) is 0 Å². The fourth-order valence-corrected chi connectivity index (χ4v) is 4.62. The summed E-state index contributed by atoms with van der Waals surface area (Å²) >= 11 is 1.72. The van der Waals surface area contributed by atoms with E-state index in [9.17, 15) is 18.0 Å². The SMILES string of the molecule is COc1cc(NC(=O)CCC(=O)N2CCSc3ccccc32)ccc1NS(C)(=O)=O. The molecule has 0 aliphatic carbocycles. The number of anilines is 3. The van der Waals surface area contributed by atoms with Crippen molar-refractivity contribution in [1.82, 2.24) is 0 Å². The lowest BCUT2D eigenvalue weighted by molar-refractivity contribution is -0.122. The van der Waals surface area contributed by atoms with Gasteiger partial charge in [0.15, 0.2) is 0 Å².